The van der Waals surface area contributed by atoms with Crippen molar-refractivity contribution < 1.29 is 4.79 Å². The highest BCUT2D eigenvalue weighted by Crippen LogP contribution is 2.20. The molecule has 148 valence electrons. The zero-order chi connectivity index (χ0) is 20.2. The number of hydrogen-bond donors (Lipinski definition) is 1. The van der Waals surface area contributed by atoms with Crippen molar-refractivity contribution in [2.24, 2.45) is 0 Å². The van der Waals surface area contributed by atoms with Gasteiger partial charge in [0.1, 0.15) is 11.5 Å². The summed E-state index contributed by atoms with van der Waals surface area (Å²) in [4.78, 5) is 25.8. The van der Waals surface area contributed by atoms with Crippen LogP contribution in [-0.4, -0.2) is 42.1 Å². The molecule has 6 heteroatoms. The molecule has 0 saturated carbocycles. The Labute approximate surface area is 171 Å². The van der Waals surface area contributed by atoms with Crippen molar-refractivity contribution >= 4 is 23.1 Å². The van der Waals surface area contributed by atoms with E-state index in [9.17, 15) is 4.79 Å². The Morgan fingerprint density at radius 3 is 2.24 bits per heavy atom. The van der Waals surface area contributed by atoms with Crippen LogP contribution in [0.3, 0.4) is 0 Å². The Kier molecular flexibility index (Phi) is 5.42. The van der Waals surface area contributed by atoms with Crippen molar-refractivity contribution in [2.45, 2.75) is 13.8 Å². The Morgan fingerprint density at radius 1 is 0.862 bits per heavy atom. The number of rotatable bonds is 4. The monoisotopic (exact) mass is 387 g/mol. The van der Waals surface area contributed by atoms with Crippen LogP contribution in [-0.2, 0) is 0 Å². The molecular formula is C23H25N5O. The van der Waals surface area contributed by atoms with E-state index in [4.69, 9.17) is 0 Å². The molecule has 0 bridgehead atoms. The summed E-state index contributed by atoms with van der Waals surface area (Å²) in [6.07, 6.45) is 3.23. The number of hydrogen-bond acceptors (Lipinski definition) is 5. The number of carbonyl (C=O) groups excluding carboxylic acids is 1. The molecule has 0 radical (unpaired) electrons. The fourth-order valence-electron chi connectivity index (χ4n) is 3.45. The minimum Gasteiger partial charge on any atom is -0.368 e. The molecule has 3 aromatic rings. The first-order valence-electron chi connectivity index (χ1n) is 9.85. The van der Waals surface area contributed by atoms with E-state index in [0.717, 1.165) is 43.2 Å². The minimum absolute atomic E-state index is 0.253. The van der Waals surface area contributed by atoms with E-state index in [1.165, 1.54) is 11.3 Å². The van der Waals surface area contributed by atoms with Crippen molar-refractivity contribution in [2.75, 3.05) is 41.3 Å². The molecule has 0 aliphatic carbocycles. The summed E-state index contributed by atoms with van der Waals surface area (Å²) in [5, 5.41) is 2.85. The van der Waals surface area contributed by atoms with Gasteiger partial charge in [-0.05, 0) is 43.7 Å². The number of nitrogens with zero attached hydrogens (tertiary/aromatic N) is 4. The van der Waals surface area contributed by atoms with Crippen LogP contribution in [0.2, 0.25) is 0 Å². The summed E-state index contributed by atoms with van der Waals surface area (Å²) in [7, 11) is 0. The lowest BCUT2D eigenvalue weighted by Gasteiger charge is -2.36. The smallest absolute Gasteiger partial charge is 0.275 e. The first-order chi connectivity index (χ1) is 14.1. The summed E-state index contributed by atoms with van der Waals surface area (Å²) in [5.41, 5.74) is 4.75. The Balaban J connectivity index is 1.36. The third kappa shape index (κ3) is 4.54. The van der Waals surface area contributed by atoms with E-state index in [1.54, 1.807) is 12.4 Å². The zero-order valence-corrected chi connectivity index (χ0v) is 16.8. The summed E-state index contributed by atoms with van der Waals surface area (Å²) in [5.74, 6) is 0.554. The van der Waals surface area contributed by atoms with Crippen molar-refractivity contribution in [3.8, 4) is 0 Å². The molecule has 1 aromatic heterocycles. The van der Waals surface area contributed by atoms with Gasteiger partial charge in [0.25, 0.3) is 5.91 Å². The molecule has 0 spiro atoms. The third-order valence-corrected chi connectivity index (χ3v) is 5.15. The summed E-state index contributed by atoms with van der Waals surface area (Å²) >= 11 is 0. The van der Waals surface area contributed by atoms with E-state index in [0.29, 0.717) is 5.69 Å². The van der Waals surface area contributed by atoms with Gasteiger partial charge in [-0.2, -0.15) is 0 Å². The summed E-state index contributed by atoms with van der Waals surface area (Å²) in [6.45, 7) is 7.74. The number of amides is 1. The van der Waals surface area contributed by atoms with Crippen LogP contribution in [0.15, 0.2) is 60.9 Å². The zero-order valence-electron chi connectivity index (χ0n) is 16.8. The summed E-state index contributed by atoms with van der Waals surface area (Å²) in [6, 6.07) is 16.3. The van der Waals surface area contributed by atoms with E-state index >= 15 is 0 Å². The Morgan fingerprint density at radius 2 is 1.59 bits per heavy atom. The number of benzene rings is 2. The molecular weight excluding hydrogens is 362 g/mol. The van der Waals surface area contributed by atoms with E-state index in [1.807, 2.05) is 31.2 Å². The molecule has 6 nitrogen and oxygen atoms in total. The van der Waals surface area contributed by atoms with Crippen LogP contribution < -0.4 is 15.1 Å². The average Bonchev–Trinajstić information content (AvgIpc) is 2.75. The minimum atomic E-state index is -0.253. The largest absolute Gasteiger partial charge is 0.368 e. The number of anilines is 3. The van der Waals surface area contributed by atoms with Crippen LogP contribution in [0.25, 0.3) is 0 Å². The molecule has 1 amide bonds. The number of aryl methyl sites for hydroxylation is 2. The van der Waals surface area contributed by atoms with Crippen molar-refractivity contribution in [3.05, 3.63) is 77.7 Å². The molecule has 4 rings (SSSR count). The van der Waals surface area contributed by atoms with Crippen LogP contribution in [0, 0.1) is 13.8 Å². The van der Waals surface area contributed by atoms with Gasteiger partial charge in [-0.1, -0.05) is 29.8 Å². The Hall–Kier alpha value is -3.41. The van der Waals surface area contributed by atoms with E-state index in [2.05, 4.69) is 56.3 Å². The second kappa shape index (κ2) is 8.31. The molecule has 1 aliphatic rings. The lowest BCUT2D eigenvalue weighted by molar-refractivity contribution is 0.102. The Bertz CT molecular complexity index is 977. The highest BCUT2D eigenvalue weighted by molar-refractivity contribution is 6.02. The van der Waals surface area contributed by atoms with Crippen molar-refractivity contribution in [3.63, 3.8) is 0 Å². The average molecular weight is 387 g/mol. The lowest BCUT2D eigenvalue weighted by atomic mass is 10.2. The van der Waals surface area contributed by atoms with Gasteiger partial charge >= 0.3 is 0 Å². The molecule has 1 aliphatic heterocycles. The standard InChI is InChI=1S/C23H25N5O/c1-17-6-8-19(9-7-17)26-23(29)21-15-25-22(16-24-21)28-12-10-27(11-13-28)20-5-3-4-18(2)14-20/h3-9,14-16H,10-13H2,1-2H3,(H,26,29). The fraction of sp³-hybridized carbons (Fsp3) is 0.261. The van der Waals surface area contributed by atoms with Crippen LogP contribution in [0.5, 0.6) is 0 Å². The maximum absolute atomic E-state index is 12.4. The van der Waals surface area contributed by atoms with Gasteiger partial charge in [0.2, 0.25) is 0 Å². The molecule has 0 unspecified atom stereocenters. The van der Waals surface area contributed by atoms with E-state index < -0.39 is 0 Å². The highest BCUT2D eigenvalue weighted by atomic mass is 16.1. The first-order valence-corrected chi connectivity index (χ1v) is 9.85. The van der Waals surface area contributed by atoms with Gasteiger partial charge in [0.15, 0.2) is 0 Å². The highest BCUT2D eigenvalue weighted by Gasteiger charge is 2.19. The van der Waals surface area contributed by atoms with Crippen LogP contribution in [0.4, 0.5) is 17.2 Å². The molecule has 2 heterocycles. The van der Waals surface area contributed by atoms with Crippen molar-refractivity contribution in [1.82, 2.24) is 9.97 Å². The first kappa shape index (κ1) is 18.9. The summed E-state index contributed by atoms with van der Waals surface area (Å²) < 4.78 is 0. The molecule has 1 fully saturated rings. The maximum atomic E-state index is 12.4. The van der Waals surface area contributed by atoms with Crippen LogP contribution >= 0.6 is 0 Å². The van der Waals surface area contributed by atoms with Gasteiger partial charge in [-0.3, -0.25) is 4.79 Å². The van der Waals surface area contributed by atoms with Gasteiger partial charge in [-0.25, -0.2) is 9.97 Å². The van der Waals surface area contributed by atoms with E-state index in [-0.39, 0.29) is 5.91 Å². The SMILES string of the molecule is Cc1ccc(NC(=O)c2cnc(N3CCN(c4cccc(C)c4)CC3)cn2)cc1. The second-order valence-corrected chi connectivity index (χ2v) is 7.39. The topological polar surface area (TPSA) is 61.4 Å². The maximum Gasteiger partial charge on any atom is 0.275 e. The number of aromatic nitrogens is 2. The molecule has 1 saturated heterocycles. The van der Waals surface area contributed by atoms with Gasteiger partial charge in [-0.15, -0.1) is 0 Å². The second-order valence-electron chi connectivity index (χ2n) is 7.39. The molecule has 1 N–H and O–H groups in total. The number of nitrogens with one attached hydrogen (secondary N) is 1. The number of carbonyl (C=O) groups is 1. The predicted molar refractivity (Wildman–Crippen MR) is 117 cm³/mol. The lowest BCUT2D eigenvalue weighted by Crippen LogP contribution is -2.46. The van der Waals surface area contributed by atoms with Gasteiger partial charge < -0.3 is 15.1 Å². The molecule has 0 atom stereocenters. The molecule has 29 heavy (non-hydrogen) atoms. The predicted octanol–water partition coefficient (Wildman–Crippen LogP) is 3.67. The van der Waals surface area contributed by atoms with Crippen molar-refractivity contribution in [1.29, 1.82) is 0 Å². The number of piperazine rings is 1. The fourth-order valence-corrected chi connectivity index (χ4v) is 3.45. The van der Waals surface area contributed by atoms with Gasteiger partial charge in [0.05, 0.1) is 12.4 Å². The van der Waals surface area contributed by atoms with Crippen LogP contribution in [0.1, 0.15) is 21.6 Å². The quantitative estimate of drug-likeness (QED) is 0.740. The third-order valence-electron chi connectivity index (χ3n) is 5.15. The normalized spacial score (nSPS) is 14.0. The van der Waals surface area contributed by atoms with Gasteiger partial charge in [0, 0.05) is 37.6 Å². The molecule has 2 aromatic carbocycles.